The molecule has 1 rings (SSSR count). The van der Waals surface area contributed by atoms with Crippen LogP contribution in [0.5, 0.6) is 0 Å². The molecular formula is C13H26BN3O6. The molecule has 0 saturated carbocycles. The van der Waals surface area contributed by atoms with Gasteiger partial charge in [0, 0.05) is 19.7 Å². The summed E-state index contributed by atoms with van der Waals surface area (Å²) in [6.07, 6.45) is 1.88. The minimum atomic E-state index is -1.37. The van der Waals surface area contributed by atoms with Crippen molar-refractivity contribution in [3.8, 4) is 0 Å². The molecule has 0 aromatic rings. The lowest BCUT2D eigenvalue weighted by Crippen LogP contribution is -2.48. The minimum Gasteiger partial charge on any atom is -0.480 e. The van der Waals surface area contributed by atoms with Crippen LogP contribution < -0.4 is 16.4 Å². The SMILES string of the molecule is COC[C@H](N)C(=O)N[C@H]1CN[C@@](CCCCB(O)O)(C(=O)O)C1. The monoisotopic (exact) mass is 331 g/mol. The van der Waals surface area contributed by atoms with E-state index in [2.05, 4.69) is 10.6 Å². The number of rotatable bonds is 10. The van der Waals surface area contributed by atoms with Crippen molar-refractivity contribution in [1.29, 1.82) is 0 Å². The summed E-state index contributed by atoms with van der Waals surface area (Å²) in [7, 11) is 0.0740. The molecule has 0 unspecified atom stereocenters. The number of aliphatic carboxylic acids is 1. The number of carboxylic acid groups (broad SMARTS) is 1. The van der Waals surface area contributed by atoms with E-state index >= 15 is 0 Å². The minimum absolute atomic E-state index is 0.0968. The Bertz CT molecular complexity index is 411. The Hall–Kier alpha value is -1.20. The van der Waals surface area contributed by atoms with Crippen LogP contribution in [0.15, 0.2) is 0 Å². The van der Waals surface area contributed by atoms with Crippen LogP contribution in [-0.4, -0.2) is 72.0 Å². The zero-order valence-corrected chi connectivity index (χ0v) is 13.3. The number of carbonyl (C=O) groups excluding carboxylic acids is 1. The highest BCUT2D eigenvalue weighted by Crippen LogP contribution is 2.26. The molecule has 132 valence electrons. The molecule has 23 heavy (non-hydrogen) atoms. The molecule has 0 spiro atoms. The molecule has 1 fully saturated rings. The van der Waals surface area contributed by atoms with Crippen molar-refractivity contribution in [2.24, 2.45) is 5.73 Å². The smallest absolute Gasteiger partial charge is 0.451 e. The summed E-state index contributed by atoms with van der Waals surface area (Å²) >= 11 is 0. The second-order valence-corrected chi connectivity index (χ2v) is 5.97. The fourth-order valence-corrected chi connectivity index (χ4v) is 2.76. The topological polar surface area (TPSA) is 154 Å². The number of carboxylic acids is 1. The number of nitrogens with two attached hydrogens (primary N) is 1. The number of carbonyl (C=O) groups is 2. The molecule has 0 bridgehead atoms. The summed E-state index contributed by atoms with van der Waals surface area (Å²) < 4.78 is 4.82. The Balaban J connectivity index is 2.51. The molecule has 0 radical (unpaired) electrons. The molecule has 0 aromatic heterocycles. The molecule has 1 aliphatic rings. The third-order valence-corrected chi connectivity index (χ3v) is 4.04. The fourth-order valence-electron chi connectivity index (χ4n) is 2.76. The molecule has 1 amide bonds. The van der Waals surface area contributed by atoms with E-state index in [4.69, 9.17) is 20.5 Å². The van der Waals surface area contributed by atoms with E-state index in [9.17, 15) is 14.7 Å². The first kappa shape index (κ1) is 19.9. The summed E-state index contributed by atoms with van der Waals surface area (Å²) in [6, 6.07) is -1.10. The number of nitrogens with one attached hydrogen (secondary N) is 2. The van der Waals surface area contributed by atoms with Crippen LogP contribution in [0.3, 0.4) is 0 Å². The molecule has 9 nitrogen and oxygen atoms in total. The van der Waals surface area contributed by atoms with Crippen LogP contribution in [0.4, 0.5) is 0 Å². The molecule has 0 aromatic carbocycles. The molecule has 0 aliphatic carbocycles. The average molecular weight is 331 g/mol. The van der Waals surface area contributed by atoms with Crippen molar-refractivity contribution in [2.45, 2.75) is 49.6 Å². The van der Waals surface area contributed by atoms with Gasteiger partial charge in [0.2, 0.25) is 5.91 Å². The van der Waals surface area contributed by atoms with Gasteiger partial charge in [0.25, 0.3) is 0 Å². The summed E-state index contributed by atoms with van der Waals surface area (Å²) in [6.45, 7) is 0.444. The van der Waals surface area contributed by atoms with Gasteiger partial charge in [0.15, 0.2) is 0 Å². The van der Waals surface area contributed by atoms with Crippen LogP contribution in [0, 0.1) is 0 Å². The third-order valence-electron chi connectivity index (χ3n) is 4.04. The highest BCUT2D eigenvalue weighted by Gasteiger charge is 2.45. The normalized spacial score (nSPS) is 25.1. The van der Waals surface area contributed by atoms with Gasteiger partial charge in [-0.1, -0.05) is 12.8 Å². The maximum Gasteiger partial charge on any atom is 0.451 e. The molecule has 1 aliphatic heterocycles. The first-order chi connectivity index (χ1) is 10.8. The maximum atomic E-state index is 11.9. The van der Waals surface area contributed by atoms with E-state index in [1.807, 2.05) is 0 Å². The first-order valence-corrected chi connectivity index (χ1v) is 7.70. The van der Waals surface area contributed by atoms with E-state index in [-0.39, 0.29) is 31.3 Å². The Kier molecular flexibility index (Phi) is 7.93. The number of hydrogen-bond donors (Lipinski definition) is 6. The second-order valence-electron chi connectivity index (χ2n) is 5.97. The summed E-state index contributed by atoms with van der Waals surface area (Å²) in [4.78, 5) is 23.5. The van der Waals surface area contributed by atoms with Gasteiger partial charge in [-0.05, 0) is 19.2 Å². The maximum absolute atomic E-state index is 11.9. The van der Waals surface area contributed by atoms with Crippen LogP contribution in [0.2, 0.25) is 6.32 Å². The van der Waals surface area contributed by atoms with Crippen molar-refractivity contribution in [2.75, 3.05) is 20.3 Å². The lowest BCUT2D eigenvalue weighted by atomic mass is 9.81. The van der Waals surface area contributed by atoms with Crippen molar-refractivity contribution < 1.29 is 29.5 Å². The molecule has 3 atom stereocenters. The lowest BCUT2D eigenvalue weighted by Gasteiger charge is -2.25. The second kappa shape index (κ2) is 9.19. The summed E-state index contributed by atoms with van der Waals surface area (Å²) in [5.74, 6) is -1.34. The van der Waals surface area contributed by atoms with Gasteiger partial charge in [-0.15, -0.1) is 0 Å². The first-order valence-electron chi connectivity index (χ1n) is 7.70. The van der Waals surface area contributed by atoms with Gasteiger partial charge < -0.3 is 30.9 Å². The Morgan fingerprint density at radius 3 is 2.74 bits per heavy atom. The van der Waals surface area contributed by atoms with E-state index < -0.39 is 24.7 Å². The zero-order chi connectivity index (χ0) is 17.5. The van der Waals surface area contributed by atoms with Gasteiger partial charge in [-0.25, -0.2) is 0 Å². The van der Waals surface area contributed by atoms with E-state index in [0.29, 0.717) is 25.8 Å². The Morgan fingerprint density at radius 2 is 2.17 bits per heavy atom. The third kappa shape index (κ3) is 6.07. The highest BCUT2D eigenvalue weighted by molar-refractivity contribution is 6.40. The zero-order valence-electron chi connectivity index (χ0n) is 13.3. The highest BCUT2D eigenvalue weighted by atomic mass is 16.5. The summed E-state index contributed by atoms with van der Waals surface area (Å²) in [5, 5.41) is 32.8. The van der Waals surface area contributed by atoms with Gasteiger partial charge in [0.05, 0.1) is 6.61 Å². The Morgan fingerprint density at radius 1 is 1.48 bits per heavy atom. The quantitative estimate of drug-likeness (QED) is 0.197. The van der Waals surface area contributed by atoms with Crippen molar-refractivity contribution >= 4 is 19.0 Å². The van der Waals surface area contributed by atoms with Crippen LogP contribution in [-0.2, 0) is 14.3 Å². The standard InChI is InChI=1S/C13H26BN3O6/c1-23-8-10(15)11(18)17-9-6-13(12(19)20,16-7-9)4-2-3-5-14(21)22/h9-10,16,21-22H,2-8,15H2,1H3,(H,17,18)(H,19,20)/t9-,10+,13-/m1/s1. The molecular weight excluding hydrogens is 305 g/mol. The molecule has 1 saturated heterocycles. The van der Waals surface area contributed by atoms with E-state index in [1.165, 1.54) is 7.11 Å². The van der Waals surface area contributed by atoms with Gasteiger partial charge >= 0.3 is 13.1 Å². The number of amides is 1. The van der Waals surface area contributed by atoms with Gasteiger partial charge in [-0.2, -0.15) is 0 Å². The molecule has 7 N–H and O–H groups in total. The van der Waals surface area contributed by atoms with Gasteiger partial charge in [-0.3, -0.25) is 14.9 Å². The fraction of sp³-hybridized carbons (Fsp3) is 0.846. The van der Waals surface area contributed by atoms with Crippen LogP contribution in [0.25, 0.3) is 0 Å². The number of methoxy groups -OCH3 is 1. The van der Waals surface area contributed by atoms with E-state index in [1.54, 1.807) is 0 Å². The largest absolute Gasteiger partial charge is 0.480 e. The number of unbranched alkanes of at least 4 members (excludes halogenated alkanes) is 1. The lowest BCUT2D eigenvalue weighted by molar-refractivity contribution is -0.144. The molecule has 10 heteroatoms. The van der Waals surface area contributed by atoms with Crippen LogP contribution >= 0.6 is 0 Å². The van der Waals surface area contributed by atoms with Crippen LogP contribution in [0.1, 0.15) is 25.7 Å². The van der Waals surface area contributed by atoms with E-state index in [0.717, 1.165) is 0 Å². The number of ether oxygens (including phenoxy) is 1. The van der Waals surface area contributed by atoms with Crippen molar-refractivity contribution in [3.63, 3.8) is 0 Å². The number of hydrogen-bond acceptors (Lipinski definition) is 7. The van der Waals surface area contributed by atoms with Crippen molar-refractivity contribution in [1.82, 2.24) is 10.6 Å². The predicted molar refractivity (Wildman–Crippen MR) is 83.6 cm³/mol. The summed E-state index contributed by atoms with van der Waals surface area (Å²) in [5.41, 5.74) is 4.53. The average Bonchev–Trinajstić information content (AvgIpc) is 2.88. The Labute approximate surface area is 135 Å². The van der Waals surface area contributed by atoms with Crippen molar-refractivity contribution in [3.05, 3.63) is 0 Å². The molecule has 1 heterocycles. The predicted octanol–water partition coefficient (Wildman–Crippen LogP) is -2.10. The van der Waals surface area contributed by atoms with Gasteiger partial charge in [0.1, 0.15) is 11.6 Å².